The van der Waals surface area contributed by atoms with E-state index in [1.54, 1.807) is 18.3 Å². The fourth-order valence-corrected chi connectivity index (χ4v) is 1.68. The van der Waals surface area contributed by atoms with Crippen molar-refractivity contribution in [1.29, 1.82) is 0 Å². The van der Waals surface area contributed by atoms with E-state index < -0.39 is 0 Å². The maximum atomic E-state index is 9.37. The molecule has 0 spiro atoms. The third kappa shape index (κ3) is 1.17. The maximum Gasteiger partial charge on any atom is 0.134 e. The van der Waals surface area contributed by atoms with Crippen LogP contribution in [0.4, 0.5) is 0 Å². The van der Waals surface area contributed by atoms with E-state index in [0.717, 1.165) is 16.5 Å². The van der Waals surface area contributed by atoms with Crippen molar-refractivity contribution in [1.82, 2.24) is 4.98 Å². The number of rotatable bonds is 1. The van der Waals surface area contributed by atoms with Crippen LogP contribution < -0.4 is 5.73 Å². The molecule has 0 unspecified atom stereocenters. The summed E-state index contributed by atoms with van der Waals surface area (Å²) in [6.07, 6.45) is 1.80. The Morgan fingerprint density at radius 3 is 2.92 bits per heavy atom. The molecule has 0 fully saturated rings. The predicted octanol–water partition coefficient (Wildman–Crippen LogP) is 1.99. The molecular weight excluding hydrogens is 188 g/mol. The van der Waals surface area contributed by atoms with Gasteiger partial charge in [0.05, 0.1) is 5.02 Å². The first-order chi connectivity index (χ1) is 6.24. The van der Waals surface area contributed by atoms with Crippen molar-refractivity contribution in [3.8, 4) is 5.75 Å². The van der Waals surface area contributed by atoms with Gasteiger partial charge in [-0.2, -0.15) is 0 Å². The summed E-state index contributed by atoms with van der Waals surface area (Å²) in [5, 5.41) is 10.5. The van der Waals surface area contributed by atoms with E-state index in [1.165, 1.54) is 0 Å². The van der Waals surface area contributed by atoms with Crippen LogP contribution in [-0.2, 0) is 6.54 Å². The summed E-state index contributed by atoms with van der Waals surface area (Å²) in [5.41, 5.74) is 7.32. The first-order valence-corrected chi connectivity index (χ1v) is 4.29. The van der Waals surface area contributed by atoms with Crippen LogP contribution >= 0.6 is 11.6 Å². The quantitative estimate of drug-likeness (QED) is 0.653. The van der Waals surface area contributed by atoms with Gasteiger partial charge < -0.3 is 15.8 Å². The van der Waals surface area contributed by atoms with Crippen molar-refractivity contribution in [2.75, 3.05) is 0 Å². The number of hydrogen-bond donors (Lipinski definition) is 3. The number of nitrogens with one attached hydrogen (secondary N) is 1. The maximum absolute atomic E-state index is 9.37. The highest BCUT2D eigenvalue weighted by Crippen LogP contribution is 2.33. The summed E-state index contributed by atoms with van der Waals surface area (Å²) < 4.78 is 0. The number of aromatic amines is 1. The lowest BCUT2D eigenvalue weighted by molar-refractivity contribution is 0.476. The summed E-state index contributed by atoms with van der Waals surface area (Å²) in [4.78, 5) is 3.03. The zero-order valence-corrected chi connectivity index (χ0v) is 7.60. The van der Waals surface area contributed by atoms with Crippen LogP contribution in [0.15, 0.2) is 18.3 Å². The Morgan fingerprint density at radius 2 is 2.23 bits per heavy atom. The van der Waals surface area contributed by atoms with Crippen molar-refractivity contribution < 1.29 is 5.11 Å². The van der Waals surface area contributed by atoms with Crippen molar-refractivity contribution in [3.05, 3.63) is 28.9 Å². The van der Waals surface area contributed by atoms with Gasteiger partial charge in [-0.3, -0.25) is 0 Å². The molecule has 0 amide bonds. The van der Waals surface area contributed by atoms with Crippen LogP contribution in [0.5, 0.6) is 5.75 Å². The molecule has 2 rings (SSSR count). The van der Waals surface area contributed by atoms with Crippen molar-refractivity contribution >= 4 is 22.5 Å². The molecular formula is C9H9ClN2O. The van der Waals surface area contributed by atoms with Gasteiger partial charge in [-0.25, -0.2) is 0 Å². The normalized spacial score (nSPS) is 10.9. The molecule has 1 aromatic heterocycles. The minimum absolute atomic E-state index is 0.0865. The van der Waals surface area contributed by atoms with E-state index in [2.05, 4.69) is 4.98 Å². The molecule has 0 radical (unpaired) electrons. The molecule has 2 aromatic rings. The molecule has 0 aliphatic rings. The standard InChI is InChI=1S/C9H9ClN2O/c10-9-7(13)2-1-6-8(9)5(3-11)4-12-6/h1-2,4,12-13H,3,11H2. The van der Waals surface area contributed by atoms with Crippen LogP contribution in [-0.4, -0.2) is 10.1 Å². The molecule has 1 aromatic carbocycles. The lowest BCUT2D eigenvalue weighted by atomic mass is 10.1. The Balaban J connectivity index is 2.85. The van der Waals surface area contributed by atoms with E-state index in [0.29, 0.717) is 11.6 Å². The first kappa shape index (κ1) is 8.41. The monoisotopic (exact) mass is 196 g/mol. The van der Waals surface area contributed by atoms with Gasteiger partial charge >= 0.3 is 0 Å². The number of benzene rings is 1. The van der Waals surface area contributed by atoms with Crippen LogP contribution in [0.3, 0.4) is 0 Å². The highest BCUT2D eigenvalue weighted by molar-refractivity contribution is 6.37. The molecule has 1 heterocycles. The molecule has 0 saturated carbocycles. The number of halogens is 1. The largest absolute Gasteiger partial charge is 0.506 e. The van der Waals surface area contributed by atoms with E-state index in [9.17, 15) is 5.11 Å². The molecule has 0 saturated heterocycles. The van der Waals surface area contributed by atoms with Gasteiger partial charge in [-0.15, -0.1) is 0 Å². The molecule has 0 atom stereocenters. The average Bonchev–Trinajstić information content (AvgIpc) is 2.55. The van der Waals surface area contributed by atoms with Crippen molar-refractivity contribution in [2.45, 2.75) is 6.54 Å². The van der Waals surface area contributed by atoms with Crippen molar-refractivity contribution in [2.24, 2.45) is 5.73 Å². The summed E-state index contributed by atoms with van der Waals surface area (Å²) >= 11 is 5.93. The average molecular weight is 197 g/mol. The summed E-state index contributed by atoms with van der Waals surface area (Å²) in [5.74, 6) is 0.0865. The number of hydrogen-bond acceptors (Lipinski definition) is 2. The number of phenolic OH excluding ortho intramolecular Hbond substituents is 1. The zero-order valence-electron chi connectivity index (χ0n) is 6.84. The third-order valence-corrected chi connectivity index (χ3v) is 2.45. The molecule has 0 aliphatic heterocycles. The number of aromatic hydroxyl groups is 1. The lowest BCUT2D eigenvalue weighted by Crippen LogP contribution is -1.94. The zero-order chi connectivity index (χ0) is 9.42. The second-order valence-electron chi connectivity index (χ2n) is 2.84. The summed E-state index contributed by atoms with van der Waals surface area (Å²) in [6, 6.07) is 3.33. The fourth-order valence-electron chi connectivity index (χ4n) is 1.40. The van der Waals surface area contributed by atoms with Crippen molar-refractivity contribution in [3.63, 3.8) is 0 Å². The summed E-state index contributed by atoms with van der Waals surface area (Å²) in [6.45, 7) is 0.406. The highest BCUT2D eigenvalue weighted by atomic mass is 35.5. The third-order valence-electron chi connectivity index (χ3n) is 2.06. The van der Waals surface area contributed by atoms with Gasteiger partial charge in [0.1, 0.15) is 5.75 Å². The second kappa shape index (κ2) is 2.94. The van der Waals surface area contributed by atoms with Crippen LogP contribution in [0.25, 0.3) is 10.9 Å². The predicted molar refractivity (Wildman–Crippen MR) is 52.9 cm³/mol. The minimum Gasteiger partial charge on any atom is -0.506 e. The highest BCUT2D eigenvalue weighted by Gasteiger charge is 2.09. The van der Waals surface area contributed by atoms with Gasteiger partial charge in [0.25, 0.3) is 0 Å². The first-order valence-electron chi connectivity index (χ1n) is 3.91. The molecule has 3 nitrogen and oxygen atoms in total. The molecule has 4 heteroatoms. The minimum atomic E-state index is 0.0865. The Morgan fingerprint density at radius 1 is 1.46 bits per heavy atom. The Kier molecular flexibility index (Phi) is 1.90. The van der Waals surface area contributed by atoms with Gasteiger partial charge in [0, 0.05) is 23.6 Å². The van der Waals surface area contributed by atoms with E-state index in [4.69, 9.17) is 17.3 Å². The smallest absolute Gasteiger partial charge is 0.134 e. The van der Waals surface area contributed by atoms with Gasteiger partial charge in [0.2, 0.25) is 0 Å². The molecule has 68 valence electrons. The van der Waals surface area contributed by atoms with E-state index in [-0.39, 0.29) is 5.75 Å². The topological polar surface area (TPSA) is 62.0 Å². The summed E-state index contributed by atoms with van der Waals surface area (Å²) in [7, 11) is 0. The van der Waals surface area contributed by atoms with E-state index in [1.807, 2.05) is 0 Å². The van der Waals surface area contributed by atoms with Crippen LogP contribution in [0.1, 0.15) is 5.56 Å². The number of H-pyrrole nitrogens is 1. The van der Waals surface area contributed by atoms with Crippen LogP contribution in [0.2, 0.25) is 5.02 Å². The molecule has 0 aliphatic carbocycles. The molecule has 13 heavy (non-hydrogen) atoms. The number of aromatic nitrogens is 1. The molecule has 4 N–H and O–H groups in total. The Bertz CT molecular complexity index is 450. The SMILES string of the molecule is NCc1c[nH]c2ccc(O)c(Cl)c12. The second-order valence-corrected chi connectivity index (χ2v) is 3.22. The van der Waals surface area contributed by atoms with Crippen LogP contribution in [0, 0.1) is 0 Å². The number of nitrogens with two attached hydrogens (primary N) is 1. The van der Waals surface area contributed by atoms with E-state index >= 15 is 0 Å². The van der Waals surface area contributed by atoms with Gasteiger partial charge in [-0.05, 0) is 17.7 Å². The Labute approximate surface area is 80.1 Å². The number of phenols is 1. The van der Waals surface area contributed by atoms with Gasteiger partial charge in [0.15, 0.2) is 0 Å². The van der Waals surface area contributed by atoms with Gasteiger partial charge in [-0.1, -0.05) is 11.6 Å². The fraction of sp³-hybridized carbons (Fsp3) is 0.111. The molecule has 0 bridgehead atoms. The lowest BCUT2D eigenvalue weighted by Gasteiger charge is -1.99. The number of fused-ring (bicyclic) bond motifs is 1. The Hall–Kier alpha value is -1.19.